The number of rotatable bonds is 5. The fraction of sp³-hybridized carbons (Fsp3) is 0.800. The molecule has 0 bridgehead atoms. The van der Waals surface area contributed by atoms with Gasteiger partial charge in [0.15, 0.2) is 0 Å². The van der Waals surface area contributed by atoms with E-state index < -0.39 is 17.5 Å². The van der Waals surface area contributed by atoms with Crippen LogP contribution in [0.1, 0.15) is 41.0 Å². The quantitative estimate of drug-likeness (QED) is 0.566. The highest BCUT2D eigenvalue weighted by Gasteiger charge is 2.64. The van der Waals surface area contributed by atoms with Gasteiger partial charge in [-0.25, -0.2) is 9.59 Å². The number of ether oxygens (including phenoxy) is 2. The van der Waals surface area contributed by atoms with E-state index in [2.05, 4.69) is 0 Å². The van der Waals surface area contributed by atoms with Crippen molar-refractivity contribution in [1.29, 1.82) is 0 Å². The fourth-order valence-electron chi connectivity index (χ4n) is 3.16. The normalized spacial score (nSPS) is 20.5. The number of hydrogen-bond acceptors (Lipinski definition) is 5. The molecule has 21 heavy (non-hydrogen) atoms. The van der Waals surface area contributed by atoms with E-state index in [1.54, 1.807) is 13.8 Å². The number of nitrogens with zero attached hydrogens (tertiary/aromatic N) is 1. The maximum absolute atomic E-state index is 12.6. The monoisotopic (exact) mass is 299 g/mol. The lowest BCUT2D eigenvalue weighted by molar-refractivity contribution is -0.180. The molecule has 0 aromatic carbocycles. The summed E-state index contributed by atoms with van der Waals surface area (Å²) in [5, 5.41) is 0. The minimum atomic E-state index is -1.65. The highest BCUT2D eigenvalue weighted by Crippen LogP contribution is 2.42. The summed E-state index contributed by atoms with van der Waals surface area (Å²) in [6.07, 6.45) is 0.578. The smallest absolute Gasteiger partial charge is 0.344 e. The Morgan fingerprint density at radius 2 is 1.62 bits per heavy atom. The van der Waals surface area contributed by atoms with E-state index in [1.165, 1.54) is 11.8 Å². The van der Waals surface area contributed by atoms with Crippen molar-refractivity contribution in [3.8, 4) is 0 Å². The first-order valence-corrected chi connectivity index (χ1v) is 7.46. The molecule has 120 valence electrons. The molecule has 1 heterocycles. The van der Waals surface area contributed by atoms with Gasteiger partial charge in [-0.15, -0.1) is 0 Å². The first-order valence-electron chi connectivity index (χ1n) is 7.46. The molecule has 1 fully saturated rings. The fourth-order valence-corrected chi connectivity index (χ4v) is 3.16. The summed E-state index contributed by atoms with van der Waals surface area (Å²) in [7, 11) is 0. The summed E-state index contributed by atoms with van der Waals surface area (Å²) < 4.78 is 10.2. The Bertz CT molecular complexity index is 400. The molecule has 0 spiro atoms. The van der Waals surface area contributed by atoms with Gasteiger partial charge in [-0.2, -0.15) is 0 Å². The third-order valence-corrected chi connectivity index (χ3v) is 3.98. The number of hydrogen-bond donors (Lipinski definition) is 0. The molecule has 0 aromatic rings. The van der Waals surface area contributed by atoms with Gasteiger partial charge in [0.2, 0.25) is 11.4 Å². The highest BCUT2D eigenvalue weighted by atomic mass is 16.6. The van der Waals surface area contributed by atoms with Crippen LogP contribution in [0.25, 0.3) is 0 Å². The summed E-state index contributed by atoms with van der Waals surface area (Å²) >= 11 is 0. The van der Waals surface area contributed by atoms with E-state index in [0.717, 1.165) is 0 Å². The zero-order valence-electron chi connectivity index (χ0n) is 13.5. The zero-order valence-corrected chi connectivity index (χ0v) is 13.5. The van der Waals surface area contributed by atoms with Crippen molar-refractivity contribution in [2.45, 2.75) is 46.6 Å². The van der Waals surface area contributed by atoms with Crippen molar-refractivity contribution in [3.63, 3.8) is 0 Å². The van der Waals surface area contributed by atoms with Crippen LogP contribution in [0.5, 0.6) is 0 Å². The van der Waals surface area contributed by atoms with Gasteiger partial charge < -0.3 is 14.4 Å². The Morgan fingerprint density at radius 3 is 1.95 bits per heavy atom. The summed E-state index contributed by atoms with van der Waals surface area (Å²) in [6, 6.07) is 0. The van der Waals surface area contributed by atoms with Crippen LogP contribution in [0, 0.1) is 11.8 Å². The topological polar surface area (TPSA) is 72.9 Å². The molecule has 1 aliphatic heterocycles. The van der Waals surface area contributed by atoms with E-state index in [1.807, 2.05) is 13.8 Å². The summed E-state index contributed by atoms with van der Waals surface area (Å²) in [5.74, 6) is -1.95. The second kappa shape index (κ2) is 6.91. The Morgan fingerprint density at radius 1 is 1.14 bits per heavy atom. The first kappa shape index (κ1) is 17.5. The molecule has 0 aromatic heterocycles. The molecule has 0 saturated carbocycles. The lowest BCUT2D eigenvalue weighted by Crippen LogP contribution is -2.63. The van der Waals surface area contributed by atoms with Crippen LogP contribution in [0.4, 0.5) is 0 Å². The maximum Gasteiger partial charge on any atom is 0.344 e. The van der Waals surface area contributed by atoms with Crippen molar-refractivity contribution in [2.75, 3.05) is 19.8 Å². The molecule has 1 atom stereocenters. The van der Waals surface area contributed by atoms with Gasteiger partial charge in [0.1, 0.15) is 0 Å². The average molecular weight is 299 g/mol. The van der Waals surface area contributed by atoms with Gasteiger partial charge in [0, 0.05) is 19.4 Å². The Kier molecular flexibility index (Phi) is 5.75. The Hall–Kier alpha value is -1.59. The predicted octanol–water partition coefficient (Wildman–Crippen LogP) is 1.38. The number of esters is 2. The number of amides is 1. The molecular weight excluding hydrogens is 274 g/mol. The predicted molar refractivity (Wildman–Crippen MR) is 76.3 cm³/mol. The minimum Gasteiger partial charge on any atom is -0.464 e. The van der Waals surface area contributed by atoms with E-state index in [9.17, 15) is 14.4 Å². The summed E-state index contributed by atoms with van der Waals surface area (Å²) in [4.78, 5) is 38.5. The van der Waals surface area contributed by atoms with Crippen LogP contribution in [-0.4, -0.2) is 48.0 Å². The molecule has 1 aliphatic rings. The molecule has 0 aliphatic carbocycles. The largest absolute Gasteiger partial charge is 0.464 e. The van der Waals surface area contributed by atoms with Gasteiger partial charge >= 0.3 is 11.9 Å². The molecule has 1 unspecified atom stereocenters. The molecule has 1 rings (SSSR count). The van der Waals surface area contributed by atoms with Crippen LogP contribution < -0.4 is 0 Å². The van der Waals surface area contributed by atoms with Crippen molar-refractivity contribution >= 4 is 17.8 Å². The van der Waals surface area contributed by atoms with Crippen LogP contribution in [0.3, 0.4) is 0 Å². The molecule has 1 amide bonds. The molecule has 6 nitrogen and oxygen atoms in total. The van der Waals surface area contributed by atoms with Crippen LogP contribution >= 0.6 is 0 Å². The standard InChI is InChI=1S/C15H25NO5/c1-6-20-13(18)15(14(19)21-7-2)12(10(3)4)8-9-16(15)11(5)17/h10,12H,6-9H2,1-5H3. The highest BCUT2D eigenvalue weighted by molar-refractivity contribution is 6.08. The summed E-state index contributed by atoms with van der Waals surface area (Å²) in [5.41, 5.74) is -1.65. The van der Waals surface area contributed by atoms with Crippen molar-refractivity contribution in [3.05, 3.63) is 0 Å². The number of carbonyl (C=O) groups is 3. The van der Waals surface area contributed by atoms with Crippen LogP contribution in [-0.2, 0) is 23.9 Å². The van der Waals surface area contributed by atoms with Gasteiger partial charge in [-0.05, 0) is 26.2 Å². The third-order valence-electron chi connectivity index (χ3n) is 3.98. The van der Waals surface area contributed by atoms with Crippen molar-refractivity contribution < 1.29 is 23.9 Å². The average Bonchev–Trinajstić information content (AvgIpc) is 2.80. The number of likely N-dealkylation sites (tertiary alicyclic amines) is 1. The van der Waals surface area contributed by atoms with Crippen molar-refractivity contribution in [2.24, 2.45) is 11.8 Å². The van der Waals surface area contributed by atoms with Crippen molar-refractivity contribution in [1.82, 2.24) is 4.90 Å². The van der Waals surface area contributed by atoms with Crippen LogP contribution in [0.2, 0.25) is 0 Å². The van der Waals surface area contributed by atoms with E-state index in [4.69, 9.17) is 9.47 Å². The Balaban J connectivity index is 3.41. The maximum atomic E-state index is 12.6. The molecule has 6 heteroatoms. The second-order valence-electron chi connectivity index (χ2n) is 5.52. The van der Waals surface area contributed by atoms with Crippen LogP contribution in [0.15, 0.2) is 0 Å². The second-order valence-corrected chi connectivity index (χ2v) is 5.52. The lowest BCUT2D eigenvalue weighted by Gasteiger charge is -2.38. The minimum absolute atomic E-state index is 0.0446. The van der Waals surface area contributed by atoms with E-state index in [-0.39, 0.29) is 31.0 Å². The van der Waals surface area contributed by atoms with E-state index in [0.29, 0.717) is 13.0 Å². The molecule has 1 saturated heterocycles. The zero-order chi connectivity index (χ0) is 16.2. The Labute approximate surface area is 125 Å². The molecule has 0 radical (unpaired) electrons. The number of carbonyl (C=O) groups excluding carboxylic acids is 3. The summed E-state index contributed by atoms with van der Waals surface area (Å²) in [6.45, 7) is 9.23. The van der Waals surface area contributed by atoms with Gasteiger partial charge in [-0.1, -0.05) is 13.8 Å². The lowest BCUT2D eigenvalue weighted by atomic mass is 9.77. The van der Waals surface area contributed by atoms with Gasteiger partial charge in [0.25, 0.3) is 0 Å². The van der Waals surface area contributed by atoms with Gasteiger partial charge in [0.05, 0.1) is 13.2 Å². The van der Waals surface area contributed by atoms with Gasteiger partial charge in [-0.3, -0.25) is 4.79 Å². The third kappa shape index (κ3) is 2.89. The van der Waals surface area contributed by atoms with E-state index >= 15 is 0 Å². The first-order chi connectivity index (χ1) is 9.83. The SMILES string of the molecule is CCOC(=O)C1(C(=O)OCC)C(C(C)C)CCN1C(C)=O. The molecule has 0 N–H and O–H groups in total. The molecular formula is C15H25NO5.